The molecular weight excluding hydrogens is 390 g/mol. The van der Waals surface area contributed by atoms with Crippen molar-refractivity contribution in [3.63, 3.8) is 0 Å². The Labute approximate surface area is 167 Å². The van der Waals surface area contributed by atoms with Gasteiger partial charge in [0.1, 0.15) is 11.6 Å². The summed E-state index contributed by atoms with van der Waals surface area (Å²) >= 11 is 6.92. The molecular formula is C20H21ClF2N2OS. The second-order valence-electron chi connectivity index (χ2n) is 6.61. The number of nitrogens with one attached hydrogen (secondary N) is 1. The number of nitrogens with zero attached hydrogens (tertiary/aromatic N) is 1. The van der Waals surface area contributed by atoms with E-state index in [1.165, 1.54) is 5.56 Å². The molecule has 27 heavy (non-hydrogen) atoms. The zero-order chi connectivity index (χ0) is 19.2. The van der Waals surface area contributed by atoms with Gasteiger partial charge in [-0.05, 0) is 48.7 Å². The first-order valence-corrected chi connectivity index (χ1v) is 10.2. The molecule has 0 atom stereocenters. The van der Waals surface area contributed by atoms with Gasteiger partial charge in [0.15, 0.2) is 0 Å². The summed E-state index contributed by atoms with van der Waals surface area (Å²) in [5.41, 5.74) is 1.22. The van der Waals surface area contributed by atoms with Crippen LogP contribution in [-0.2, 0) is 11.3 Å². The van der Waals surface area contributed by atoms with Crippen LogP contribution < -0.4 is 5.32 Å². The molecule has 0 radical (unpaired) electrons. The van der Waals surface area contributed by atoms with Crippen LogP contribution in [-0.4, -0.2) is 35.7 Å². The average Bonchev–Trinajstić information content (AvgIpc) is 2.66. The zero-order valence-corrected chi connectivity index (χ0v) is 16.3. The molecule has 0 aromatic heterocycles. The number of likely N-dealkylation sites (tertiary alicyclic amines) is 1. The number of hydrogen-bond acceptors (Lipinski definition) is 3. The van der Waals surface area contributed by atoms with Crippen molar-refractivity contribution >= 4 is 29.3 Å². The van der Waals surface area contributed by atoms with Gasteiger partial charge in [0.2, 0.25) is 5.91 Å². The quantitative estimate of drug-likeness (QED) is 0.712. The van der Waals surface area contributed by atoms with Gasteiger partial charge < -0.3 is 5.32 Å². The van der Waals surface area contributed by atoms with Crippen molar-refractivity contribution in [1.29, 1.82) is 0 Å². The van der Waals surface area contributed by atoms with Crippen LogP contribution in [0.1, 0.15) is 18.4 Å². The first-order valence-electron chi connectivity index (χ1n) is 8.83. The normalized spacial score (nSPS) is 15.7. The molecule has 7 heteroatoms. The minimum Gasteiger partial charge on any atom is -0.353 e. The predicted octanol–water partition coefficient (Wildman–Crippen LogP) is 4.49. The van der Waals surface area contributed by atoms with Gasteiger partial charge in [-0.25, -0.2) is 8.78 Å². The largest absolute Gasteiger partial charge is 0.353 e. The number of piperidine rings is 1. The summed E-state index contributed by atoms with van der Waals surface area (Å²) in [7, 11) is 0. The lowest BCUT2D eigenvalue weighted by atomic mass is 10.0. The van der Waals surface area contributed by atoms with E-state index in [4.69, 9.17) is 11.6 Å². The van der Waals surface area contributed by atoms with Gasteiger partial charge in [-0.15, -0.1) is 11.8 Å². The third-order valence-corrected chi connectivity index (χ3v) is 5.81. The fourth-order valence-corrected chi connectivity index (χ4v) is 3.98. The Balaban J connectivity index is 1.40. The summed E-state index contributed by atoms with van der Waals surface area (Å²) < 4.78 is 26.8. The van der Waals surface area contributed by atoms with Crippen LogP contribution in [0.2, 0.25) is 5.02 Å². The van der Waals surface area contributed by atoms with Gasteiger partial charge in [0.05, 0.1) is 5.75 Å². The molecule has 1 N–H and O–H groups in total. The van der Waals surface area contributed by atoms with E-state index >= 15 is 0 Å². The number of amides is 1. The first-order chi connectivity index (χ1) is 13.0. The van der Waals surface area contributed by atoms with Crippen molar-refractivity contribution in [1.82, 2.24) is 10.2 Å². The highest BCUT2D eigenvalue weighted by atomic mass is 35.5. The second kappa shape index (κ2) is 9.53. The lowest BCUT2D eigenvalue weighted by Crippen LogP contribution is -2.44. The number of hydrogen-bond donors (Lipinski definition) is 1. The Kier molecular flexibility index (Phi) is 7.10. The van der Waals surface area contributed by atoms with Crippen molar-refractivity contribution < 1.29 is 13.6 Å². The Morgan fingerprint density at radius 2 is 1.85 bits per heavy atom. The fourth-order valence-electron chi connectivity index (χ4n) is 3.08. The summed E-state index contributed by atoms with van der Waals surface area (Å²) in [6.45, 7) is 2.67. The molecule has 0 saturated carbocycles. The van der Waals surface area contributed by atoms with E-state index in [0.717, 1.165) is 67.5 Å². The first kappa shape index (κ1) is 20.1. The maximum atomic E-state index is 13.6. The molecule has 1 amide bonds. The summed E-state index contributed by atoms with van der Waals surface area (Å²) in [6.07, 6.45) is 1.75. The van der Waals surface area contributed by atoms with E-state index in [-0.39, 0.29) is 22.6 Å². The summed E-state index contributed by atoms with van der Waals surface area (Å²) in [4.78, 5) is 14.6. The fraction of sp³-hybridized carbons (Fsp3) is 0.350. The predicted molar refractivity (Wildman–Crippen MR) is 105 cm³/mol. The molecule has 2 aromatic rings. The van der Waals surface area contributed by atoms with Crippen LogP contribution in [0.5, 0.6) is 0 Å². The Morgan fingerprint density at radius 3 is 2.56 bits per heavy atom. The highest BCUT2D eigenvalue weighted by Gasteiger charge is 2.21. The minimum absolute atomic E-state index is 0.0748. The van der Waals surface area contributed by atoms with Gasteiger partial charge in [-0.3, -0.25) is 9.69 Å². The molecule has 0 unspecified atom stereocenters. The number of carbonyl (C=O) groups excluding carboxylic acids is 1. The standard InChI is InChI=1S/C20H21ClF2N2OS/c21-15-3-1-14(2-4-15)12-25-9-7-17(8-10-25)24-20(26)13-27-19-11-16(22)5-6-18(19)23/h1-6,11,17H,7-10,12-13H2,(H,24,26). The van der Waals surface area contributed by atoms with Crippen LogP contribution in [0, 0.1) is 11.6 Å². The SMILES string of the molecule is O=C(CSc1cc(F)ccc1F)NC1CCN(Cc2ccc(Cl)cc2)CC1. The van der Waals surface area contributed by atoms with Gasteiger partial charge in [0.25, 0.3) is 0 Å². The number of carbonyl (C=O) groups is 1. The Hall–Kier alpha value is -1.63. The van der Waals surface area contributed by atoms with E-state index in [9.17, 15) is 13.6 Å². The molecule has 3 nitrogen and oxygen atoms in total. The van der Waals surface area contributed by atoms with Gasteiger partial charge in [-0.1, -0.05) is 23.7 Å². The van der Waals surface area contributed by atoms with Gasteiger partial charge in [0, 0.05) is 35.6 Å². The van der Waals surface area contributed by atoms with Gasteiger partial charge in [-0.2, -0.15) is 0 Å². The number of rotatable bonds is 6. The molecule has 0 spiro atoms. The van der Waals surface area contributed by atoms with Crippen LogP contribution in [0.4, 0.5) is 8.78 Å². The number of thioether (sulfide) groups is 1. The van der Waals surface area contributed by atoms with Crippen LogP contribution >= 0.6 is 23.4 Å². The van der Waals surface area contributed by atoms with Crippen molar-refractivity contribution in [2.75, 3.05) is 18.8 Å². The van der Waals surface area contributed by atoms with Gasteiger partial charge >= 0.3 is 0 Å². The van der Waals surface area contributed by atoms with Crippen LogP contribution in [0.25, 0.3) is 0 Å². The highest BCUT2D eigenvalue weighted by Crippen LogP contribution is 2.23. The number of benzene rings is 2. The number of halogens is 3. The van der Waals surface area contributed by atoms with E-state index in [1.54, 1.807) is 0 Å². The van der Waals surface area contributed by atoms with E-state index in [1.807, 2.05) is 24.3 Å². The Bertz CT molecular complexity index is 780. The molecule has 0 bridgehead atoms. The molecule has 0 aliphatic carbocycles. The smallest absolute Gasteiger partial charge is 0.230 e. The minimum atomic E-state index is -0.510. The molecule has 2 aromatic carbocycles. The topological polar surface area (TPSA) is 32.3 Å². The van der Waals surface area contributed by atoms with E-state index in [2.05, 4.69) is 10.2 Å². The molecule has 1 saturated heterocycles. The van der Waals surface area contributed by atoms with Crippen molar-refractivity contribution in [2.24, 2.45) is 0 Å². The van der Waals surface area contributed by atoms with Crippen LogP contribution in [0.3, 0.4) is 0 Å². The summed E-state index contributed by atoms with van der Waals surface area (Å²) in [6, 6.07) is 11.2. The van der Waals surface area contributed by atoms with E-state index in [0.29, 0.717) is 0 Å². The third kappa shape index (κ3) is 6.19. The molecule has 1 heterocycles. The summed E-state index contributed by atoms with van der Waals surface area (Å²) in [5.74, 6) is -1.09. The molecule has 1 aliphatic rings. The lowest BCUT2D eigenvalue weighted by molar-refractivity contribution is -0.119. The second-order valence-corrected chi connectivity index (χ2v) is 8.06. The van der Waals surface area contributed by atoms with Crippen molar-refractivity contribution in [3.8, 4) is 0 Å². The maximum Gasteiger partial charge on any atom is 0.230 e. The zero-order valence-electron chi connectivity index (χ0n) is 14.8. The van der Waals surface area contributed by atoms with Crippen LogP contribution in [0.15, 0.2) is 47.4 Å². The molecule has 3 rings (SSSR count). The lowest BCUT2D eigenvalue weighted by Gasteiger charge is -2.32. The Morgan fingerprint density at radius 1 is 1.15 bits per heavy atom. The maximum absolute atomic E-state index is 13.6. The third-order valence-electron chi connectivity index (χ3n) is 4.52. The van der Waals surface area contributed by atoms with E-state index < -0.39 is 11.6 Å². The van der Waals surface area contributed by atoms with Crippen molar-refractivity contribution in [3.05, 3.63) is 64.7 Å². The summed E-state index contributed by atoms with van der Waals surface area (Å²) in [5, 5.41) is 3.73. The highest BCUT2D eigenvalue weighted by molar-refractivity contribution is 8.00. The monoisotopic (exact) mass is 410 g/mol. The molecule has 1 fully saturated rings. The molecule has 1 aliphatic heterocycles. The average molecular weight is 411 g/mol. The van der Waals surface area contributed by atoms with Crippen molar-refractivity contribution in [2.45, 2.75) is 30.3 Å². The molecule has 144 valence electrons.